The van der Waals surface area contributed by atoms with Crippen molar-refractivity contribution in [1.29, 1.82) is 0 Å². The summed E-state index contributed by atoms with van der Waals surface area (Å²) >= 11 is 0.912. The quantitative estimate of drug-likeness (QED) is 0.806. The van der Waals surface area contributed by atoms with E-state index in [1.54, 1.807) is 0 Å². The molecule has 0 saturated carbocycles. The number of amides is 4. The average molecular weight is 361 g/mol. The smallest absolute Gasteiger partial charge is 0.290 e. The maximum absolute atomic E-state index is 12.5. The second kappa shape index (κ2) is 6.87. The molecule has 132 valence electrons. The molecule has 0 aliphatic carbocycles. The fourth-order valence-electron chi connectivity index (χ4n) is 2.93. The van der Waals surface area contributed by atoms with E-state index in [0.717, 1.165) is 38.4 Å². The van der Waals surface area contributed by atoms with Gasteiger partial charge in [-0.15, -0.1) is 0 Å². The Balaban J connectivity index is 1.64. The van der Waals surface area contributed by atoms with E-state index < -0.39 is 5.37 Å². The molecule has 0 spiro atoms. The zero-order valence-corrected chi connectivity index (χ0v) is 14.9. The molecular formula is C17H19N3O4S. The third-order valence-corrected chi connectivity index (χ3v) is 5.28. The number of nitrogens with one attached hydrogen (secondary N) is 1. The molecule has 1 unspecified atom stereocenters. The molecule has 0 radical (unpaired) electrons. The number of anilines is 1. The third-order valence-electron chi connectivity index (χ3n) is 4.30. The molecular weight excluding hydrogens is 342 g/mol. The Morgan fingerprint density at radius 3 is 2.32 bits per heavy atom. The topological polar surface area (TPSA) is 86.8 Å². The first-order valence-electron chi connectivity index (χ1n) is 8.06. The average Bonchev–Trinajstić information content (AvgIpc) is 3.01. The molecule has 2 aliphatic heterocycles. The van der Waals surface area contributed by atoms with Crippen LogP contribution in [0.3, 0.4) is 0 Å². The molecule has 0 bridgehead atoms. The number of likely N-dealkylation sites (tertiary alicyclic amines) is 1. The zero-order valence-electron chi connectivity index (χ0n) is 14.1. The Bertz CT molecular complexity index is 748. The summed E-state index contributed by atoms with van der Waals surface area (Å²) in [6, 6.07) is 5.81. The summed E-state index contributed by atoms with van der Waals surface area (Å²) in [5.74, 6) is -0.850. The minimum Gasteiger partial charge on any atom is -0.365 e. The summed E-state index contributed by atoms with van der Waals surface area (Å²) < 4.78 is 0. The number of rotatable bonds is 5. The van der Waals surface area contributed by atoms with E-state index in [1.807, 2.05) is 32.0 Å². The van der Waals surface area contributed by atoms with E-state index in [2.05, 4.69) is 5.32 Å². The van der Waals surface area contributed by atoms with Crippen LogP contribution < -0.4 is 5.32 Å². The highest BCUT2D eigenvalue weighted by molar-refractivity contribution is 8.15. The molecule has 1 N–H and O–H groups in total. The molecule has 8 heteroatoms. The van der Waals surface area contributed by atoms with Gasteiger partial charge in [0.25, 0.3) is 11.1 Å². The van der Waals surface area contributed by atoms with E-state index >= 15 is 0 Å². The van der Waals surface area contributed by atoms with Crippen molar-refractivity contribution >= 4 is 40.4 Å². The van der Waals surface area contributed by atoms with Crippen molar-refractivity contribution in [3.63, 3.8) is 0 Å². The molecule has 1 aromatic carbocycles. The van der Waals surface area contributed by atoms with E-state index in [-0.39, 0.29) is 48.9 Å². The third kappa shape index (κ3) is 3.53. The molecule has 0 aromatic heterocycles. The predicted octanol–water partition coefficient (Wildman–Crippen LogP) is 1.89. The first-order valence-corrected chi connectivity index (χ1v) is 8.94. The van der Waals surface area contributed by atoms with Gasteiger partial charge in [-0.05, 0) is 37.2 Å². The van der Waals surface area contributed by atoms with Crippen LogP contribution in [-0.2, 0) is 14.4 Å². The summed E-state index contributed by atoms with van der Waals surface area (Å²) in [6.07, 6.45) is 0.402. The molecule has 25 heavy (non-hydrogen) atoms. The number of carbonyl (C=O) groups is 4. The molecule has 1 aromatic rings. The highest BCUT2D eigenvalue weighted by atomic mass is 32.2. The summed E-state index contributed by atoms with van der Waals surface area (Å²) in [5, 5.41) is 2.03. The van der Waals surface area contributed by atoms with Crippen molar-refractivity contribution in [2.45, 2.75) is 32.1 Å². The van der Waals surface area contributed by atoms with Gasteiger partial charge >= 0.3 is 0 Å². The first-order chi connectivity index (χ1) is 11.9. The van der Waals surface area contributed by atoms with E-state index in [9.17, 15) is 19.2 Å². The molecule has 2 fully saturated rings. The van der Waals surface area contributed by atoms with Gasteiger partial charge in [-0.3, -0.25) is 29.0 Å². The Morgan fingerprint density at radius 1 is 1.04 bits per heavy atom. The summed E-state index contributed by atoms with van der Waals surface area (Å²) in [7, 11) is 0. The SMILES string of the molecule is Cc1ccc(NC2SC(=O)N(CCN3C(=O)CCC3=O)C2=O)c(C)c1. The van der Waals surface area contributed by atoms with Gasteiger partial charge < -0.3 is 5.32 Å². The maximum Gasteiger partial charge on any atom is 0.290 e. The Kier molecular flexibility index (Phi) is 4.80. The van der Waals surface area contributed by atoms with Crippen LogP contribution >= 0.6 is 11.8 Å². The minimum atomic E-state index is -0.695. The second-order valence-electron chi connectivity index (χ2n) is 6.16. The number of thioether (sulfide) groups is 1. The van der Waals surface area contributed by atoms with Crippen LogP contribution in [-0.4, -0.2) is 51.2 Å². The van der Waals surface area contributed by atoms with Gasteiger partial charge in [-0.1, -0.05) is 17.7 Å². The second-order valence-corrected chi connectivity index (χ2v) is 7.21. The van der Waals surface area contributed by atoms with E-state index in [4.69, 9.17) is 0 Å². The largest absolute Gasteiger partial charge is 0.365 e. The van der Waals surface area contributed by atoms with E-state index in [0.29, 0.717) is 0 Å². The number of imide groups is 2. The minimum absolute atomic E-state index is 0.0349. The molecule has 2 saturated heterocycles. The van der Waals surface area contributed by atoms with Gasteiger partial charge in [0.2, 0.25) is 11.8 Å². The van der Waals surface area contributed by atoms with E-state index in [1.165, 1.54) is 0 Å². The maximum atomic E-state index is 12.5. The van der Waals surface area contributed by atoms with Crippen LogP contribution in [0.1, 0.15) is 24.0 Å². The lowest BCUT2D eigenvalue weighted by molar-refractivity contribution is -0.139. The molecule has 3 rings (SSSR count). The monoisotopic (exact) mass is 361 g/mol. The van der Waals surface area contributed by atoms with Crippen molar-refractivity contribution in [1.82, 2.24) is 9.80 Å². The molecule has 7 nitrogen and oxygen atoms in total. The van der Waals surface area contributed by atoms with Crippen molar-refractivity contribution in [3.8, 4) is 0 Å². The lowest BCUT2D eigenvalue weighted by Crippen LogP contribution is -2.41. The van der Waals surface area contributed by atoms with Gasteiger partial charge in [-0.2, -0.15) is 0 Å². The number of aryl methyl sites for hydroxylation is 2. The molecule has 2 aliphatic rings. The highest BCUT2D eigenvalue weighted by Gasteiger charge is 2.40. The number of carbonyl (C=O) groups excluding carboxylic acids is 4. The summed E-state index contributed by atoms with van der Waals surface area (Å²) in [4.78, 5) is 50.1. The van der Waals surface area contributed by atoms with Crippen molar-refractivity contribution in [2.24, 2.45) is 0 Å². The van der Waals surface area contributed by atoms with Crippen LogP contribution in [0.4, 0.5) is 10.5 Å². The van der Waals surface area contributed by atoms with Crippen molar-refractivity contribution < 1.29 is 19.2 Å². The predicted molar refractivity (Wildman–Crippen MR) is 94.0 cm³/mol. The van der Waals surface area contributed by atoms with Gasteiger partial charge in [0.15, 0.2) is 5.37 Å². The number of hydrogen-bond donors (Lipinski definition) is 1. The standard InChI is InChI=1S/C17H19N3O4S/c1-10-3-4-12(11(2)9-10)18-15-16(23)20(17(24)25-15)8-7-19-13(21)5-6-14(19)22/h3-4,9,15,18H,5-8H2,1-2H3. The normalized spacial score (nSPS) is 20.8. The van der Waals surface area contributed by atoms with Crippen LogP contribution in [0, 0.1) is 13.8 Å². The molecule has 4 amide bonds. The number of hydrogen-bond acceptors (Lipinski definition) is 6. The Morgan fingerprint density at radius 2 is 1.68 bits per heavy atom. The van der Waals surface area contributed by atoms with Gasteiger partial charge in [0, 0.05) is 31.6 Å². The number of nitrogens with zero attached hydrogens (tertiary/aromatic N) is 2. The Hall–Kier alpha value is -2.35. The molecule has 1 atom stereocenters. The van der Waals surface area contributed by atoms with Crippen LogP contribution in [0.15, 0.2) is 18.2 Å². The zero-order chi connectivity index (χ0) is 18.1. The number of benzene rings is 1. The fraction of sp³-hybridized carbons (Fsp3) is 0.412. The van der Waals surface area contributed by atoms with Crippen LogP contribution in [0.2, 0.25) is 0 Å². The van der Waals surface area contributed by atoms with Crippen LogP contribution in [0.25, 0.3) is 0 Å². The summed E-state index contributed by atoms with van der Waals surface area (Å²) in [6.45, 7) is 4.02. The molecule has 2 heterocycles. The fourth-order valence-corrected chi connectivity index (χ4v) is 3.85. The van der Waals surface area contributed by atoms with Crippen molar-refractivity contribution in [2.75, 3.05) is 18.4 Å². The first kappa shape index (κ1) is 17.5. The van der Waals surface area contributed by atoms with Gasteiger partial charge in [0.05, 0.1) is 0 Å². The Labute approximate surface area is 149 Å². The van der Waals surface area contributed by atoms with Crippen LogP contribution in [0.5, 0.6) is 0 Å². The van der Waals surface area contributed by atoms with Crippen molar-refractivity contribution in [3.05, 3.63) is 29.3 Å². The lowest BCUT2D eigenvalue weighted by Gasteiger charge is -2.19. The highest BCUT2D eigenvalue weighted by Crippen LogP contribution is 2.29. The summed E-state index contributed by atoms with van der Waals surface area (Å²) in [5.41, 5.74) is 2.91. The van der Waals surface area contributed by atoms with Gasteiger partial charge in [0.1, 0.15) is 0 Å². The van der Waals surface area contributed by atoms with Gasteiger partial charge in [-0.25, -0.2) is 0 Å². The lowest BCUT2D eigenvalue weighted by atomic mass is 10.1.